The Bertz CT molecular complexity index is 117. The lowest BCUT2D eigenvalue weighted by Gasteiger charge is -2.21. The SMILES string of the molecule is CCCNC(CCC)CC(C)COC. The first-order valence-corrected chi connectivity index (χ1v) is 5.96. The molecular weight excluding hydrogens is 174 g/mol. The van der Waals surface area contributed by atoms with Gasteiger partial charge in [-0.3, -0.25) is 0 Å². The van der Waals surface area contributed by atoms with Crippen LogP contribution < -0.4 is 5.32 Å². The topological polar surface area (TPSA) is 21.3 Å². The molecule has 0 aliphatic heterocycles. The molecule has 2 heteroatoms. The molecular formula is C12H27NO. The van der Waals surface area contributed by atoms with Crippen LogP contribution in [0.25, 0.3) is 0 Å². The molecule has 14 heavy (non-hydrogen) atoms. The van der Waals surface area contributed by atoms with Crippen molar-refractivity contribution >= 4 is 0 Å². The van der Waals surface area contributed by atoms with Crippen molar-refractivity contribution in [2.75, 3.05) is 20.3 Å². The van der Waals surface area contributed by atoms with Gasteiger partial charge in [0.05, 0.1) is 0 Å². The maximum Gasteiger partial charge on any atom is 0.0488 e. The second-order valence-corrected chi connectivity index (χ2v) is 4.24. The fourth-order valence-corrected chi connectivity index (χ4v) is 1.84. The van der Waals surface area contributed by atoms with Crippen LogP contribution in [0.2, 0.25) is 0 Å². The lowest BCUT2D eigenvalue weighted by atomic mass is 9.99. The molecule has 0 aliphatic carbocycles. The number of nitrogens with one attached hydrogen (secondary N) is 1. The molecule has 0 spiro atoms. The zero-order chi connectivity index (χ0) is 10.8. The summed E-state index contributed by atoms with van der Waals surface area (Å²) < 4.78 is 5.16. The fourth-order valence-electron chi connectivity index (χ4n) is 1.84. The third-order valence-corrected chi connectivity index (χ3v) is 2.46. The van der Waals surface area contributed by atoms with Crippen LogP contribution >= 0.6 is 0 Å². The summed E-state index contributed by atoms with van der Waals surface area (Å²) >= 11 is 0. The number of rotatable bonds is 9. The van der Waals surface area contributed by atoms with Crippen LogP contribution in [-0.2, 0) is 4.74 Å². The predicted molar refractivity (Wildman–Crippen MR) is 62.6 cm³/mol. The Kier molecular flexibility index (Phi) is 9.42. The van der Waals surface area contributed by atoms with Crippen LogP contribution in [0.4, 0.5) is 0 Å². The van der Waals surface area contributed by atoms with Gasteiger partial charge in [-0.05, 0) is 31.7 Å². The Labute approximate surface area is 89.4 Å². The van der Waals surface area contributed by atoms with E-state index in [1.54, 1.807) is 7.11 Å². The first-order chi connectivity index (χ1) is 6.74. The highest BCUT2D eigenvalue weighted by molar-refractivity contribution is 4.69. The van der Waals surface area contributed by atoms with Gasteiger partial charge in [-0.15, -0.1) is 0 Å². The molecule has 0 amide bonds. The second-order valence-electron chi connectivity index (χ2n) is 4.24. The van der Waals surface area contributed by atoms with Gasteiger partial charge in [0, 0.05) is 19.8 Å². The Morgan fingerprint density at radius 3 is 2.43 bits per heavy atom. The lowest BCUT2D eigenvalue weighted by molar-refractivity contribution is 0.148. The summed E-state index contributed by atoms with van der Waals surface area (Å²) in [7, 11) is 1.78. The lowest BCUT2D eigenvalue weighted by Crippen LogP contribution is -2.32. The molecule has 0 radical (unpaired) electrons. The molecule has 0 aromatic rings. The molecule has 2 unspecified atom stereocenters. The number of hydrogen-bond donors (Lipinski definition) is 1. The molecule has 1 N–H and O–H groups in total. The van der Waals surface area contributed by atoms with Crippen LogP contribution in [0, 0.1) is 5.92 Å². The summed E-state index contributed by atoms with van der Waals surface area (Å²) in [6.07, 6.45) is 5.01. The van der Waals surface area contributed by atoms with Crippen LogP contribution in [0.1, 0.15) is 46.5 Å². The minimum Gasteiger partial charge on any atom is -0.384 e. The zero-order valence-electron chi connectivity index (χ0n) is 10.3. The summed E-state index contributed by atoms with van der Waals surface area (Å²) in [5.41, 5.74) is 0. The van der Waals surface area contributed by atoms with Crippen molar-refractivity contribution < 1.29 is 4.74 Å². The zero-order valence-corrected chi connectivity index (χ0v) is 10.3. The van der Waals surface area contributed by atoms with E-state index in [1.807, 2.05) is 0 Å². The van der Waals surface area contributed by atoms with Crippen molar-refractivity contribution in [3.63, 3.8) is 0 Å². The van der Waals surface area contributed by atoms with E-state index in [-0.39, 0.29) is 0 Å². The summed E-state index contributed by atoms with van der Waals surface area (Å²) in [6, 6.07) is 0.685. The Balaban J connectivity index is 3.69. The van der Waals surface area contributed by atoms with E-state index in [2.05, 4.69) is 26.1 Å². The molecule has 0 heterocycles. The van der Waals surface area contributed by atoms with E-state index in [0.717, 1.165) is 13.2 Å². The normalized spacial score (nSPS) is 15.4. The number of ether oxygens (including phenoxy) is 1. The van der Waals surface area contributed by atoms with Crippen molar-refractivity contribution in [1.29, 1.82) is 0 Å². The van der Waals surface area contributed by atoms with Crippen molar-refractivity contribution in [3.05, 3.63) is 0 Å². The van der Waals surface area contributed by atoms with Gasteiger partial charge >= 0.3 is 0 Å². The summed E-state index contributed by atoms with van der Waals surface area (Å²) in [4.78, 5) is 0. The molecule has 2 atom stereocenters. The van der Waals surface area contributed by atoms with Gasteiger partial charge in [0.15, 0.2) is 0 Å². The average Bonchev–Trinajstić information content (AvgIpc) is 2.15. The average molecular weight is 201 g/mol. The Hall–Kier alpha value is -0.0800. The maximum absolute atomic E-state index is 5.16. The monoisotopic (exact) mass is 201 g/mol. The molecule has 0 fully saturated rings. The summed E-state index contributed by atoms with van der Waals surface area (Å²) in [5, 5.41) is 3.60. The van der Waals surface area contributed by atoms with Gasteiger partial charge in [-0.2, -0.15) is 0 Å². The molecule has 0 rings (SSSR count). The van der Waals surface area contributed by atoms with Crippen molar-refractivity contribution in [3.8, 4) is 0 Å². The molecule has 0 aliphatic rings. The van der Waals surface area contributed by atoms with Crippen molar-refractivity contribution in [2.45, 2.75) is 52.5 Å². The van der Waals surface area contributed by atoms with E-state index >= 15 is 0 Å². The summed E-state index contributed by atoms with van der Waals surface area (Å²) in [5.74, 6) is 0.668. The Morgan fingerprint density at radius 2 is 1.93 bits per heavy atom. The quantitative estimate of drug-likeness (QED) is 0.619. The van der Waals surface area contributed by atoms with Gasteiger partial charge < -0.3 is 10.1 Å². The number of methoxy groups -OCH3 is 1. The van der Waals surface area contributed by atoms with Crippen molar-refractivity contribution in [1.82, 2.24) is 5.32 Å². The highest BCUT2D eigenvalue weighted by Gasteiger charge is 2.11. The van der Waals surface area contributed by atoms with E-state index in [0.29, 0.717) is 12.0 Å². The third-order valence-electron chi connectivity index (χ3n) is 2.46. The first kappa shape index (κ1) is 13.9. The fraction of sp³-hybridized carbons (Fsp3) is 1.00. The highest BCUT2D eigenvalue weighted by Crippen LogP contribution is 2.10. The molecule has 0 saturated carbocycles. The standard InChI is InChI=1S/C12H27NO/c1-5-7-12(13-8-6-2)9-11(3)10-14-4/h11-13H,5-10H2,1-4H3. The highest BCUT2D eigenvalue weighted by atomic mass is 16.5. The van der Waals surface area contributed by atoms with E-state index in [1.165, 1.54) is 25.7 Å². The maximum atomic E-state index is 5.16. The van der Waals surface area contributed by atoms with Crippen molar-refractivity contribution in [2.24, 2.45) is 5.92 Å². The molecule has 0 aromatic heterocycles. The third kappa shape index (κ3) is 7.34. The van der Waals surface area contributed by atoms with Gasteiger partial charge in [-0.1, -0.05) is 27.2 Å². The van der Waals surface area contributed by atoms with E-state index in [9.17, 15) is 0 Å². The van der Waals surface area contributed by atoms with Gasteiger partial charge in [0.25, 0.3) is 0 Å². The first-order valence-electron chi connectivity index (χ1n) is 5.96. The molecule has 0 aromatic carbocycles. The largest absolute Gasteiger partial charge is 0.384 e. The molecule has 2 nitrogen and oxygen atoms in total. The van der Waals surface area contributed by atoms with Gasteiger partial charge in [-0.25, -0.2) is 0 Å². The minimum atomic E-state index is 0.668. The predicted octanol–water partition coefficient (Wildman–Crippen LogP) is 2.83. The molecule has 0 saturated heterocycles. The van der Waals surface area contributed by atoms with Crippen LogP contribution in [0.3, 0.4) is 0 Å². The minimum absolute atomic E-state index is 0.668. The Morgan fingerprint density at radius 1 is 1.21 bits per heavy atom. The van der Waals surface area contributed by atoms with Gasteiger partial charge in [0.2, 0.25) is 0 Å². The van der Waals surface area contributed by atoms with Crippen LogP contribution in [0.15, 0.2) is 0 Å². The van der Waals surface area contributed by atoms with Crippen LogP contribution in [-0.4, -0.2) is 26.3 Å². The number of hydrogen-bond acceptors (Lipinski definition) is 2. The molecule has 86 valence electrons. The second kappa shape index (κ2) is 9.47. The summed E-state index contributed by atoms with van der Waals surface area (Å²) in [6.45, 7) is 8.76. The van der Waals surface area contributed by atoms with E-state index < -0.39 is 0 Å². The molecule has 0 bridgehead atoms. The van der Waals surface area contributed by atoms with Crippen LogP contribution in [0.5, 0.6) is 0 Å². The smallest absolute Gasteiger partial charge is 0.0488 e. The van der Waals surface area contributed by atoms with Gasteiger partial charge in [0.1, 0.15) is 0 Å². The van der Waals surface area contributed by atoms with E-state index in [4.69, 9.17) is 4.74 Å².